The van der Waals surface area contributed by atoms with Crippen LogP contribution in [-0.4, -0.2) is 24.0 Å². The van der Waals surface area contributed by atoms with Gasteiger partial charge in [0.1, 0.15) is 11.3 Å². The lowest BCUT2D eigenvalue weighted by atomic mass is 10.1. The third kappa shape index (κ3) is 2.86. The Labute approximate surface area is 137 Å². The molecular weight excluding hydrogens is 316 g/mol. The number of rotatable bonds is 3. The lowest BCUT2D eigenvalue weighted by Crippen LogP contribution is -2.54. The van der Waals surface area contributed by atoms with Crippen LogP contribution >= 0.6 is 12.2 Å². The molecule has 7 heteroatoms. The van der Waals surface area contributed by atoms with Crippen molar-refractivity contribution in [2.24, 2.45) is 0 Å². The zero-order valence-electron chi connectivity index (χ0n) is 12.1. The Morgan fingerprint density at radius 3 is 2.83 bits per heavy atom. The summed E-state index contributed by atoms with van der Waals surface area (Å²) in [5.74, 6) is -0.469. The molecule has 0 spiro atoms. The van der Waals surface area contributed by atoms with E-state index >= 15 is 0 Å². The molecule has 116 valence electrons. The van der Waals surface area contributed by atoms with E-state index in [4.69, 9.17) is 21.4 Å². The van der Waals surface area contributed by atoms with Gasteiger partial charge in [-0.3, -0.25) is 19.8 Å². The Balaban J connectivity index is 2.01. The van der Waals surface area contributed by atoms with Crippen LogP contribution in [0.25, 0.3) is 6.08 Å². The second kappa shape index (κ2) is 6.05. The third-order valence-corrected chi connectivity index (χ3v) is 3.55. The minimum atomic E-state index is -0.541. The molecule has 0 bridgehead atoms. The predicted molar refractivity (Wildman–Crippen MR) is 87.9 cm³/mol. The molecule has 0 aliphatic carbocycles. The Kier molecular flexibility index (Phi) is 3.94. The van der Waals surface area contributed by atoms with E-state index in [-0.39, 0.29) is 10.7 Å². The number of thiocarbonyl (C=S) groups is 1. The summed E-state index contributed by atoms with van der Waals surface area (Å²) in [6, 6.07) is 8.51. The summed E-state index contributed by atoms with van der Waals surface area (Å²) in [6.45, 7) is 0. The number of benzene rings is 1. The number of amides is 2. The van der Waals surface area contributed by atoms with Crippen LogP contribution in [-0.2, 0) is 9.59 Å². The van der Waals surface area contributed by atoms with E-state index in [1.54, 1.807) is 30.3 Å². The van der Waals surface area contributed by atoms with Crippen LogP contribution < -0.4 is 15.0 Å². The van der Waals surface area contributed by atoms with Crippen molar-refractivity contribution in [3.63, 3.8) is 0 Å². The zero-order chi connectivity index (χ0) is 16.4. The molecule has 2 aromatic rings. The standard InChI is InChI=1S/C16H12N2O4S/c1-21-12-4-2-3-11(8-12)18-15(20)13(14(19)17-16(18)23)7-10-5-6-22-9-10/h2-9H,1H3,(H,17,19,23)/b13-7-. The Morgan fingerprint density at radius 2 is 2.13 bits per heavy atom. The normalized spacial score (nSPS) is 16.7. The van der Waals surface area contributed by atoms with Gasteiger partial charge in [-0.25, -0.2) is 0 Å². The second-order valence-corrected chi connectivity index (χ2v) is 5.10. The maximum absolute atomic E-state index is 12.7. The summed E-state index contributed by atoms with van der Waals surface area (Å²) >= 11 is 5.13. The molecule has 23 heavy (non-hydrogen) atoms. The van der Waals surface area contributed by atoms with Gasteiger partial charge in [-0.15, -0.1) is 0 Å². The fourth-order valence-corrected chi connectivity index (χ4v) is 2.45. The largest absolute Gasteiger partial charge is 0.497 e. The van der Waals surface area contributed by atoms with E-state index in [1.807, 2.05) is 0 Å². The van der Waals surface area contributed by atoms with E-state index in [2.05, 4.69) is 5.32 Å². The van der Waals surface area contributed by atoms with Gasteiger partial charge in [0.15, 0.2) is 5.11 Å². The number of ether oxygens (including phenoxy) is 1. The molecule has 2 heterocycles. The summed E-state index contributed by atoms with van der Waals surface area (Å²) in [6.07, 6.45) is 4.36. The van der Waals surface area contributed by atoms with E-state index in [0.29, 0.717) is 17.0 Å². The van der Waals surface area contributed by atoms with E-state index < -0.39 is 11.8 Å². The van der Waals surface area contributed by atoms with Crippen molar-refractivity contribution in [2.75, 3.05) is 12.0 Å². The fourth-order valence-electron chi connectivity index (χ4n) is 2.17. The van der Waals surface area contributed by atoms with Crippen LogP contribution in [0.1, 0.15) is 5.56 Å². The van der Waals surface area contributed by atoms with Gasteiger partial charge in [0, 0.05) is 11.6 Å². The monoisotopic (exact) mass is 328 g/mol. The van der Waals surface area contributed by atoms with Crippen LogP contribution in [0, 0.1) is 0 Å². The third-order valence-electron chi connectivity index (χ3n) is 3.27. The van der Waals surface area contributed by atoms with Crippen molar-refractivity contribution in [1.29, 1.82) is 0 Å². The topological polar surface area (TPSA) is 71.8 Å². The van der Waals surface area contributed by atoms with Crippen molar-refractivity contribution in [1.82, 2.24) is 5.32 Å². The van der Waals surface area contributed by atoms with Gasteiger partial charge in [-0.05, 0) is 36.5 Å². The number of carbonyl (C=O) groups excluding carboxylic acids is 2. The lowest BCUT2D eigenvalue weighted by Gasteiger charge is -2.29. The summed E-state index contributed by atoms with van der Waals surface area (Å²) in [4.78, 5) is 26.0. The first-order valence-corrected chi connectivity index (χ1v) is 7.08. The number of nitrogens with zero attached hydrogens (tertiary/aromatic N) is 1. The Hall–Kier alpha value is -2.93. The number of methoxy groups -OCH3 is 1. The number of nitrogens with one attached hydrogen (secondary N) is 1. The molecule has 1 fully saturated rings. The Bertz CT molecular complexity index is 811. The van der Waals surface area contributed by atoms with Gasteiger partial charge in [-0.2, -0.15) is 0 Å². The molecule has 1 saturated heterocycles. The molecule has 2 amide bonds. The van der Waals surface area contributed by atoms with Gasteiger partial charge in [0.05, 0.1) is 25.3 Å². The highest BCUT2D eigenvalue weighted by atomic mass is 32.1. The van der Waals surface area contributed by atoms with Gasteiger partial charge < -0.3 is 9.15 Å². The van der Waals surface area contributed by atoms with Crippen LogP contribution in [0.4, 0.5) is 5.69 Å². The van der Waals surface area contributed by atoms with Gasteiger partial charge in [0.2, 0.25) is 0 Å². The summed E-state index contributed by atoms with van der Waals surface area (Å²) < 4.78 is 10.1. The predicted octanol–water partition coefficient (Wildman–Crippen LogP) is 2.12. The molecule has 1 aromatic carbocycles. The number of hydrogen-bond acceptors (Lipinski definition) is 5. The molecule has 0 radical (unpaired) electrons. The van der Waals surface area contributed by atoms with Gasteiger partial charge in [-0.1, -0.05) is 6.07 Å². The van der Waals surface area contributed by atoms with E-state index in [9.17, 15) is 9.59 Å². The molecule has 0 saturated carbocycles. The Morgan fingerprint density at radius 1 is 1.30 bits per heavy atom. The number of hydrogen-bond donors (Lipinski definition) is 1. The number of furan rings is 1. The maximum Gasteiger partial charge on any atom is 0.270 e. The number of anilines is 1. The van der Waals surface area contributed by atoms with Crippen LogP contribution in [0.15, 0.2) is 52.8 Å². The summed E-state index contributed by atoms with van der Waals surface area (Å²) in [7, 11) is 1.53. The molecule has 6 nitrogen and oxygen atoms in total. The highest BCUT2D eigenvalue weighted by Gasteiger charge is 2.34. The van der Waals surface area contributed by atoms with Crippen molar-refractivity contribution in [2.45, 2.75) is 0 Å². The summed E-state index contributed by atoms with van der Waals surface area (Å²) in [5, 5.41) is 2.54. The minimum absolute atomic E-state index is 0.0252. The molecular formula is C16H12N2O4S. The zero-order valence-corrected chi connectivity index (χ0v) is 12.9. The first-order valence-electron chi connectivity index (χ1n) is 6.68. The van der Waals surface area contributed by atoms with Crippen molar-refractivity contribution >= 4 is 40.9 Å². The minimum Gasteiger partial charge on any atom is -0.497 e. The lowest BCUT2D eigenvalue weighted by molar-refractivity contribution is -0.122. The molecule has 1 aliphatic heterocycles. The van der Waals surface area contributed by atoms with Crippen molar-refractivity contribution < 1.29 is 18.7 Å². The molecule has 1 aliphatic rings. The highest BCUT2D eigenvalue weighted by Crippen LogP contribution is 2.25. The average molecular weight is 328 g/mol. The van der Waals surface area contributed by atoms with Gasteiger partial charge in [0.25, 0.3) is 11.8 Å². The fraction of sp³-hybridized carbons (Fsp3) is 0.0625. The molecule has 1 aromatic heterocycles. The smallest absolute Gasteiger partial charge is 0.270 e. The molecule has 1 N–H and O–H groups in total. The van der Waals surface area contributed by atoms with E-state index in [0.717, 1.165) is 0 Å². The van der Waals surface area contributed by atoms with Crippen molar-refractivity contribution in [3.05, 3.63) is 54.0 Å². The molecule has 0 unspecified atom stereocenters. The van der Waals surface area contributed by atoms with Gasteiger partial charge >= 0.3 is 0 Å². The quantitative estimate of drug-likeness (QED) is 0.531. The first kappa shape index (κ1) is 15.0. The number of carbonyl (C=O) groups is 2. The first-order chi connectivity index (χ1) is 11.1. The molecule has 3 rings (SSSR count). The molecule has 0 atom stereocenters. The average Bonchev–Trinajstić information content (AvgIpc) is 3.04. The summed E-state index contributed by atoms with van der Waals surface area (Å²) in [5.41, 5.74) is 1.10. The van der Waals surface area contributed by atoms with E-state index in [1.165, 1.54) is 30.6 Å². The second-order valence-electron chi connectivity index (χ2n) is 4.72. The van der Waals surface area contributed by atoms with Crippen LogP contribution in [0.5, 0.6) is 5.75 Å². The SMILES string of the molecule is COc1cccc(N2C(=O)/C(=C\c3ccoc3)C(=O)NC2=S)c1. The van der Waals surface area contributed by atoms with Crippen molar-refractivity contribution in [3.8, 4) is 5.75 Å². The van der Waals surface area contributed by atoms with Crippen LogP contribution in [0.3, 0.4) is 0 Å². The maximum atomic E-state index is 12.7. The van der Waals surface area contributed by atoms with Crippen LogP contribution in [0.2, 0.25) is 0 Å². The highest BCUT2D eigenvalue weighted by molar-refractivity contribution is 7.80.